The van der Waals surface area contributed by atoms with Gasteiger partial charge in [-0.05, 0) is 23.3 Å². The molecule has 1 unspecified atom stereocenters. The van der Waals surface area contributed by atoms with Crippen LogP contribution in [0.4, 0.5) is 0 Å². The molecule has 1 aromatic heterocycles. The van der Waals surface area contributed by atoms with Crippen LogP contribution < -0.4 is 5.73 Å². The Labute approximate surface area is 74.4 Å². The number of tetrazole rings is 1. The molecule has 0 fully saturated rings. The molecule has 68 valence electrons. The fourth-order valence-corrected chi connectivity index (χ4v) is 1.37. The third kappa shape index (κ3) is 1.30. The van der Waals surface area contributed by atoms with Gasteiger partial charge in [-0.25, -0.2) is 4.68 Å². The highest BCUT2D eigenvalue weighted by Crippen LogP contribution is 2.21. The van der Waals surface area contributed by atoms with Crippen molar-refractivity contribution in [3.63, 3.8) is 0 Å². The summed E-state index contributed by atoms with van der Waals surface area (Å²) >= 11 is 0. The molecule has 0 bridgehead atoms. The predicted molar refractivity (Wildman–Crippen MR) is 44.3 cm³/mol. The molecular formula is C7H9N5O. The van der Waals surface area contributed by atoms with Crippen LogP contribution in [-0.2, 0) is 4.79 Å². The van der Waals surface area contributed by atoms with E-state index in [0.717, 1.165) is 6.42 Å². The van der Waals surface area contributed by atoms with E-state index in [-0.39, 0.29) is 11.8 Å². The average Bonchev–Trinajstić information content (AvgIpc) is 2.44. The smallest absolute Gasteiger partial charge is 0.228 e. The van der Waals surface area contributed by atoms with Crippen molar-refractivity contribution in [2.24, 2.45) is 5.73 Å². The van der Waals surface area contributed by atoms with Gasteiger partial charge in [-0.15, -0.1) is 5.10 Å². The second-order valence-electron chi connectivity index (χ2n) is 2.90. The lowest BCUT2D eigenvalue weighted by Crippen LogP contribution is -2.23. The largest absolute Gasteiger partial charge is 0.369 e. The number of carbonyl (C=O) groups is 1. The Morgan fingerprint density at radius 2 is 2.54 bits per heavy atom. The van der Waals surface area contributed by atoms with Gasteiger partial charge in [-0.1, -0.05) is 6.08 Å². The van der Waals surface area contributed by atoms with Crippen LogP contribution >= 0.6 is 0 Å². The molecule has 0 saturated carbocycles. The Morgan fingerprint density at radius 1 is 1.69 bits per heavy atom. The summed E-state index contributed by atoms with van der Waals surface area (Å²) in [6.07, 6.45) is 5.14. The lowest BCUT2D eigenvalue weighted by atomic mass is 10.0. The number of carbonyl (C=O) groups excluding carboxylic acids is 1. The van der Waals surface area contributed by atoms with Crippen LogP contribution in [0.3, 0.4) is 0 Å². The molecule has 13 heavy (non-hydrogen) atoms. The molecule has 0 spiro atoms. The first kappa shape index (κ1) is 7.90. The van der Waals surface area contributed by atoms with Gasteiger partial charge in [0.2, 0.25) is 5.91 Å². The highest BCUT2D eigenvalue weighted by atomic mass is 16.1. The summed E-state index contributed by atoms with van der Waals surface area (Å²) in [7, 11) is 0. The average molecular weight is 179 g/mol. The maximum Gasteiger partial charge on any atom is 0.228 e. The fraction of sp³-hybridized carbons (Fsp3) is 0.429. The molecule has 0 aromatic carbocycles. The maximum atomic E-state index is 11.1. The summed E-state index contributed by atoms with van der Waals surface area (Å²) in [5.74, 6) is -0.217. The highest BCUT2D eigenvalue weighted by molar-refractivity contribution is 5.81. The SMILES string of the molecule is NC(=O)C1CCC=Cn2nnnc21. The standard InChI is InChI=1S/C7H9N5O/c8-6(13)5-3-1-2-4-12-7(5)9-10-11-12/h2,4-5H,1,3H2,(H2,8,13). The summed E-state index contributed by atoms with van der Waals surface area (Å²) in [5, 5.41) is 11.0. The van der Waals surface area contributed by atoms with Gasteiger partial charge in [0.25, 0.3) is 0 Å². The lowest BCUT2D eigenvalue weighted by Gasteiger charge is -2.06. The molecule has 1 aliphatic heterocycles. The molecule has 2 rings (SSSR count). The molecule has 0 saturated heterocycles. The minimum absolute atomic E-state index is 0.370. The van der Waals surface area contributed by atoms with Crippen molar-refractivity contribution in [2.45, 2.75) is 18.8 Å². The van der Waals surface area contributed by atoms with Crippen LogP contribution in [0, 0.1) is 0 Å². The van der Waals surface area contributed by atoms with E-state index < -0.39 is 0 Å². The van der Waals surface area contributed by atoms with E-state index >= 15 is 0 Å². The number of amides is 1. The van der Waals surface area contributed by atoms with Crippen molar-refractivity contribution < 1.29 is 4.79 Å². The predicted octanol–water partition coefficient (Wildman–Crippen LogP) is -0.494. The van der Waals surface area contributed by atoms with Crippen LogP contribution in [0.15, 0.2) is 6.08 Å². The Hall–Kier alpha value is -1.72. The molecule has 2 heterocycles. The van der Waals surface area contributed by atoms with Crippen molar-refractivity contribution >= 4 is 12.1 Å². The number of allylic oxidation sites excluding steroid dienone is 1. The second kappa shape index (κ2) is 2.96. The van der Waals surface area contributed by atoms with Crippen molar-refractivity contribution in [3.05, 3.63) is 11.9 Å². The first-order chi connectivity index (χ1) is 6.29. The van der Waals surface area contributed by atoms with Crippen molar-refractivity contribution in [2.75, 3.05) is 0 Å². The molecule has 1 amide bonds. The quantitative estimate of drug-likeness (QED) is 0.630. The van der Waals surface area contributed by atoms with Gasteiger partial charge in [0.1, 0.15) is 0 Å². The van der Waals surface area contributed by atoms with Gasteiger partial charge in [-0.3, -0.25) is 4.79 Å². The monoisotopic (exact) mass is 179 g/mol. The number of nitrogens with two attached hydrogens (primary N) is 1. The van der Waals surface area contributed by atoms with E-state index in [1.165, 1.54) is 4.68 Å². The van der Waals surface area contributed by atoms with Gasteiger partial charge in [0.15, 0.2) is 5.82 Å². The second-order valence-corrected chi connectivity index (χ2v) is 2.90. The number of rotatable bonds is 1. The zero-order chi connectivity index (χ0) is 9.26. The van der Waals surface area contributed by atoms with E-state index in [2.05, 4.69) is 15.5 Å². The fourth-order valence-electron chi connectivity index (χ4n) is 1.37. The van der Waals surface area contributed by atoms with Crippen molar-refractivity contribution in [3.8, 4) is 0 Å². The number of fused-ring (bicyclic) bond motifs is 1. The molecule has 1 atom stereocenters. The summed E-state index contributed by atoms with van der Waals surface area (Å²) in [6, 6.07) is 0. The topological polar surface area (TPSA) is 86.7 Å². The molecule has 6 nitrogen and oxygen atoms in total. The number of aromatic nitrogens is 4. The van der Waals surface area contributed by atoms with Crippen molar-refractivity contribution in [1.82, 2.24) is 20.2 Å². The van der Waals surface area contributed by atoms with E-state index in [4.69, 9.17) is 5.73 Å². The van der Waals surface area contributed by atoms with Gasteiger partial charge < -0.3 is 5.73 Å². The molecule has 2 N–H and O–H groups in total. The van der Waals surface area contributed by atoms with Crippen LogP contribution in [0.5, 0.6) is 0 Å². The van der Waals surface area contributed by atoms with Crippen LogP contribution in [-0.4, -0.2) is 26.1 Å². The Bertz CT molecular complexity index is 356. The third-order valence-corrected chi connectivity index (χ3v) is 2.04. The normalized spacial score (nSPS) is 20.8. The Kier molecular flexibility index (Phi) is 1.80. The Morgan fingerprint density at radius 3 is 3.31 bits per heavy atom. The minimum atomic E-state index is -0.375. The summed E-state index contributed by atoms with van der Waals surface area (Å²) in [4.78, 5) is 11.1. The lowest BCUT2D eigenvalue weighted by molar-refractivity contribution is -0.119. The number of nitrogens with zero attached hydrogens (tertiary/aromatic N) is 4. The van der Waals surface area contributed by atoms with E-state index in [1.807, 2.05) is 6.08 Å². The Balaban J connectivity index is 2.42. The summed E-state index contributed by atoms with van der Waals surface area (Å²) in [5.41, 5.74) is 5.24. The summed E-state index contributed by atoms with van der Waals surface area (Å²) < 4.78 is 1.49. The van der Waals surface area contributed by atoms with Gasteiger partial charge in [0.05, 0.1) is 5.92 Å². The van der Waals surface area contributed by atoms with Gasteiger partial charge in [-0.2, -0.15) is 0 Å². The zero-order valence-corrected chi connectivity index (χ0v) is 6.92. The van der Waals surface area contributed by atoms with Gasteiger partial charge in [0, 0.05) is 6.20 Å². The van der Waals surface area contributed by atoms with E-state index in [9.17, 15) is 4.79 Å². The third-order valence-electron chi connectivity index (χ3n) is 2.04. The summed E-state index contributed by atoms with van der Waals surface area (Å²) in [6.45, 7) is 0. The number of hydrogen-bond donors (Lipinski definition) is 1. The molecular weight excluding hydrogens is 170 g/mol. The van der Waals surface area contributed by atoms with E-state index in [0.29, 0.717) is 12.2 Å². The first-order valence-corrected chi connectivity index (χ1v) is 4.03. The maximum absolute atomic E-state index is 11.1. The zero-order valence-electron chi connectivity index (χ0n) is 6.92. The molecule has 6 heteroatoms. The van der Waals surface area contributed by atoms with E-state index in [1.54, 1.807) is 6.20 Å². The molecule has 1 aliphatic rings. The van der Waals surface area contributed by atoms with Crippen LogP contribution in [0.25, 0.3) is 6.20 Å². The number of primary amides is 1. The minimum Gasteiger partial charge on any atom is -0.369 e. The molecule has 1 aromatic rings. The molecule has 0 radical (unpaired) electrons. The van der Waals surface area contributed by atoms with Crippen LogP contribution in [0.2, 0.25) is 0 Å². The molecule has 0 aliphatic carbocycles. The highest BCUT2D eigenvalue weighted by Gasteiger charge is 2.24. The first-order valence-electron chi connectivity index (χ1n) is 4.03. The van der Waals surface area contributed by atoms with Gasteiger partial charge >= 0.3 is 0 Å². The number of hydrogen-bond acceptors (Lipinski definition) is 4. The van der Waals surface area contributed by atoms with Crippen LogP contribution in [0.1, 0.15) is 24.6 Å². The van der Waals surface area contributed by atoms with Crippen molar-refractivity contribution in [1.29, 1.82) is 0 Å².